The summed E-state index contributed by atoms with van der Waals surface area (Å²) in [5.41, 5.74) is 3.60. The predicted molar refractivity (Wildman–Crippen MR) is 236 cm³/mol. The Hall–Kier alpha value is -4.78. The van der Waals surface area contributed by atoms with Crippen molar-refractivity contribution in [3.05, 3.63) is 152 Å². The number of halogens is 5. The SMILES string of the molecule is Cc1nnc([C@H]2CCCN2)n1Cc1ccc(Cl)cc1.Cc1nnc([C@H]2CCCN2C(=O)Nc2ccc(Cl)cc2)n1Cc1ccc(Cl)cc1.Cl.O=C=Nc1ccc(Cl)cc1. The Morgan fingerprint density at radius 1 is 0.712 bits per heavy atom. The summed E-state index contributed by atoms with van der Waals surface area (Å²) < 4.78 is 4.26. The van der Waals surface area contributed by atoms with Gasteiger partial charge in [-0.3, -0.25) is 0 Å². The molecule has 6 aromatic rings. The van der Waals surface area contributed by atoms with Crippen LogP contribution in [0.1, 0.15) is 72.2 Å². The van der Waals surface area contributed by atoms with E-state index in [2.05, 4.69) is 45.2 Å². The fourth-order valence-corrected chi connectivity index (χ4v) is 7.22. The van der Waals surface area contributed by atoms with Crippen molar-refractivity contribution in [1.82, 2.24) is 39.7 Å². The van der Waals surface area contributed by atoms with Crippen molar-refractivity contribution < 1.29 is 9.59 Å². The monoisotopic (exact) mass is 894 g/mol. The van der Waals surface area contributed by atoms with Gasteiger partial charge in [-0.1, -0.05) is 70.7 Å². The lowest BCUT2D eigenvalue weighted by molar-refractivity contribution is 0.204. The molecule has 0 saturated carbocycles. The Labute approximate surface area is 369 Å². The molecule has 2 fully saturated rings. The van der Waals surface area contributed by atoms with E-state index in [9.17, 15) is 9.59 Å². The first-order valence-electron chi connectivity index (χ1n) is 18.8. The van der Waals surface area contributed by atoms with E-state index in [0.29, 0.717) is 45.6 Å². The molecule has 2 atom stereocenters. The van der Waals surface area contributed by atoms with Crippen LogP contribution in [0, 0.1) is 13.8 Å². The maximum absolute atomic E-state index is 12.9. The van der Waals surface area contributed by atoms with Crippen LogP contribution >= 0.6 is 58.8 Å². The quantitative estimate of drug-likeness (QED) is 0.115. The maximum atomic E-state index is 12.9. The molecule has 2 saturated heterocycles. The summed E-state index contributed by atoms with van der Waals surface area (Å²) in [5.74, 6) is 3.63. The van der Waals surface area contributed by atoms with Gasteiger partial charge >= 0.3 is 6.03 Å². The minimum Gasteiger partial charge on any atom is -0.314 e. The Bertz CT molecular complexity index is 2310. The molecule has 0 bridgehead atoms. The van der Waals surface area contributed by atoms with E-state index in [-0.39, 0.29) is 24.5 Å². The van der Waals surface area contributed by atoms with Crippen molar-refractivity contribution in [2.45, 2.75) is 64.7 Å². The van der Waals surface area contributed by atoms with Gasteiger partial charge in [0, 0.05) is 32.3 Å². The molecule has 2 amide bonds. The second-order valence-electron chi connectivity index (χ2n) is 13.8. The highest BCUT2D eigenvalue weighted by Gasteiger charge is 2.34. The molecule has 2 aliphatic heterocycles. The van der Waals surface area contributed by atoms with Crippen LogP contribution in [0.4, 0.5) is 16.2 Å². The summed E-state index contributed by atoms with van der Waals surface area (Å²) >= 11 is 23.4. The molecule has 4 heterocycles. The number of aromatic nitrogens is 6. The standard InChI is InChI=1S/C21H21Cl2N5O.C14H17ClN4.C7H4ClNO.ClH/c1-14-25-26-20(28(14)13-15-4-6-16(22)7-5-15)19-3-2-12-27(19)21(29)24-18-10-8-17(23)9-11-18;1-10-17-18-14(13-3-2-8-16-13)19(10)9-11-4-6-12(15)7-5-11;8-6-1-3-7(4-2-6)9-5-10;/h4-11,19H,2-3,12-13H2,1H3,(H,24,29);4-7,13,16H,2-3,8-9H2,1H3;1-4H;1H/t19-;13-;;/m11../s1. The van der Waals surface area contributed by atoms with Crippen molar-refractivity contribution >= 4 is 82.3 Å². The Balaban J connectivity index is 0.000000189. The molecule has 2 N–H and O–H groups in total. The number of isocyanates is 1. The van der Waals surface area contributed by atoms with Crippen molar-refractivity contribution in [3.63, 3.8) is 0 Å². The topological polar surface area (TPSA) is 135 Å². The van der Waals surface area contributed by atoms with Gasteiger partial charge in [0.05, 0.1) is 30.9 Å². The van der Waals surface area contributed by atoms with Gasteiger partial charge < -0.3 is 24.7 Å². The molecular weight excluding hydrogens is 854 g/mol. The number of amides is 2. The number of carbonyl (C=O) groups excluding carboxylic acids is 2. The molecule has 17 heteroatoms. The van der Waals surface area contributed by atoms with Gasteiger partial charge in [-0.15, -0.1) is 32.8 Å². The summed E-state index contributed by atoms with van der Waals surface area (Å²) in [4.78, 5) is 27.9. The van der Waals surface area contributed by atoms with Crippen LogP contribution in [0.5, 0.6) is 0 Å². The van der Waals surface area contributed by atoms with Gasteiger partial charge in [0.15, 0.2) is 11.6 Å². The maximum Gasteiger partial charge on any atom is 0.322 e. The molecule has 59 heavy (non-hydrogen) atoms. The zero-order valence-corrected chi connectivity index (χ0v) is 36.2. The number of nitrogens with zero attached hydrogens (tertiary/aromatic N) is 8. The van der Waals surface area contributed by atoms with E-state index in [4.69, 9.17) is 46.4 Å². The number of carbonyl (C=O) groups is 1. The van der Waals surface area contributed by atoms with Crippen LogP contribution in [0.25, 0.3) is 0 Å². The van der Waals surface area contributed by atoms with Gasteiger partial charge in [0.1, 0.15) is 11.6 Å². The molecular formula is C42H43Cl5N10O2. The van der Waals surface area contributed by atoms with Crippen LogP contribution in [0.2, 0.25) is 20.1 Å². The molecule has 0 aliphatic carbocycles. The lowest BCUT2D eigenvalue weighted by atomic mass is 10.2. The highest BCUT2D eigenvalue weighted by molar-refractivity contribution is 6.31. The largest absolute Gasteiger partial charge is 0.322 e. The van der Waals surface area contributed by atoms with Gasteiger partial charge in [-0.2, -0.15) is 4.99 Å². The van der Waals surface area contributed by atoms with E-state index in [1.165, 1.54) is 18.1 Å². The Morgan fingerprint density at radius 3 is 1.71 bits per heavy atom. The lowest BCUT2D eigenvalue weighted by Gasteiger charge is -2.25. The summed E-state index contributed by atoms with van der Waals surface area (Å²) in [6.45, 7) is 7.10. The van der Waals surface area contributed by atoms with Crippen LogP contribution in [-0.2, 0) is 17.9 Å². The van der Waals surface area contributed by atoms with E-state index in [1.54, 1.807) is 48.5 Å². The first-order chi connectivity index (χ1) is 28.1. The van der Waals surface area contributed by atoms with Crippen LogP contribution in [-0.4, -0.2) is 59.6 Å². The van der Waals surface area contributed by atoms with Crippen LogP contribution in [0.15, 0.2) is 102 Å². The summed E-state index contributed by atoms with van der Waals surface area (Å²) in [6, 6.07) is 29.5. The average Bonchev–Trinajstić information content (AvgIpc) is 4.05. The van der Waals surface area contributed by atoms with Gasteiger partial charge in [0.25, 0.3) is 0 Å². The highest BCUT2D eigenvalue weighted by atomic mass is 35.5. The molecule has 2 aromatic heterocycles. The zero-order chi connectivity index (χ0) is 41.0. The number of nitrogens with one attached hydrogen (secondary N) is 2. The smallest absolute Gasteiger partial charge is 0.314 e. The number of aryl methyl sites for hydroxylation is 2. The summed E-state index contributed by atoms with van der Waals surface area (Å²) in [6.07, 6.45) is 5.56. The number of hydrogen-bond acceptors (Lipinski definition) is 8. The van der Waals surface area contributed by atoms with Crippen LogP contribution in [0.3, 0.4) is 0 Å². The number of likely N-dealkylation sites (tertiary alicyclic amines) is 1. The Morgan fingerprint density at radius 2 is 1.20 bits per heavy atom. The minimum atomic E-state index is -0.145. The Kier molecular flexibility index (Phi) is 16.9. The predicted octanol–water partition coefficient (Wildman–Crippen LogP) is 10.8. The molecule has 0 radical (unpaired) electrons. The number of aliphatic imine (C=N–C) groups is 1. The number of hydrogen-bond donors (Lipinski definition) is 2. The average molecular weight is 897 g/mol. The lowest BCUT2D eigenvalue weighted by Crippen LogP contribution is -2.35. The van der Waals surface area contributed by atoms with Crippen molar-refractivity contribution in [3.8, 4) is 0 Å². The third-order valence-corrected chi connectivity index (χ3v) is 10.7. The summed E-state index contributed by atoms with van der Waals surface area (Å²) in [7, 11) is 0. The van der Waals surface area contributed by atoms with Crippen LogP contribution < -0.4 is 10.6 Å². The van der Waals surface area contributed by atoms with Gasteiger partial charge in [-0.25, -0.2) is 9.59 Å². The third kappa shape index (κ3) is 12.6. The highest BCUT2D eigenvalue weighted by Crippen LogP contribution is 2.32. The third-order valence-electron chi connectivity index (χ3n) is 9.72. The number of urea groups is 1. The molecule has 308 valence electrons. The van der Waals surface area contributed by atoms with Crippen molar-refractivity contribution in [2.75, 3.05) is 18.4 Å². The molecule has 8 rings (SSSR count). The van der Waals surface area contributed by atoms with Gasteiger partial charge in [0.2, 0.25) is 6.08 Å². The number of anilines is 1. The second kappa shape index (κ2) is 22.0. The van der Waals surface area contributed by atoms with E-state index in [1.807, 2.05) is 67.3 Å². The van der Waals surface area contributed by atoms with E-state index < -0.39 is 0 Å². The fraction of sp³-hybridized carbons (Fsp3) is 0.286. The number of benzene rings is 4. The zero-order valence-electron chi connectivity index (χ0n) is 32.4. The normalized spacial score (nSPS) is 15.5. The van der Waals surface area contributed by atoms with E-state index in [0.717, 1.165) is 66.2 Å². The first kappa shape index (κ1) is 45.3. The minimum absolute atomic E-state index is 0. The molecule has 0 unspecified atom stereocenters. The molecule has 0 spiro atoms. The number of rotatable bonds is 8. The molecule has 2 aliphatic rings. The molecule has 12 nitrogen and oxygen atoms in total. The van der Waals surface area contributed by atoms with Gasteiger partial charge in [-0.05, 0) is 130 Å². The molecule has 4 aromatic carbocycles. The first-order valence-corrected chi connectivity index (χ1v) is 20.3. The summed E-state index contributed by atoms with van der Waals surface area (Å²) in [5, 5.41) is 26.4. The van der Waals surface area contributed by atoms with Crippen molar-refractivity contribution in [2.24, 2.45) is 4.99 Å². The second-order valence-corrected chi connectivity index (χ2v) is 15.5. The fourth-order valence-electron chi connectivity index (χ4n) is 6.71. The van der Waals surface area contributed by atoms with E-state index >= 15 is 0 Å². The van der Waals surface area contributed by atoms with Crippen molar-refractivity contribution in [1.29, 1.82) is 0 Å².